The van der Waals surface area contributed by atoms with Crippen molar-refractivity contribution in [3.8, 4) is 0 Å². The van der Waals surface area contributed by atoms with E-state index in [1.54, 1.807) is 47.2 Å². The molecule has 7 heteroatoms. The number of aromatic nitrogens is 1. The van der Waals surface area contributed by atoms with Crippen molar-refractivity contribution in [1.82, 2.24) is 0 Å². The molecule has 2 aromatic rings. The molecule has 0 aliphatic heterocycles. The van der Waals surface area contributed by atoms with Crippen LogP contribution in [-0.2, 0) is 16.6 Å². The van der Waals surface area contributed by atoms with Gasteiger partial charge in [0.15, 0.2) is 0 Å². The molecule has 1 aromatic carbocycles. The second-order valence-corrected chi connectivity index (χ2v) is 5.60. The third-order valence-corrected chi connectivity index (χ3v) is 3.94. The number of aliphatic hydroxyl groups excluding tert-OH is 1. The van der Waals surface area contributed by atoms with Crippen LogP contribution in [0.3, 0.4) is 0 Å². The number of hydrogen-bond acceptors (Lipinski definition) is 3. The molecule has 1 aromatic heterocycles. The summed E-state index contributed by atoms with van der Waals surface area (Å²) in [7, 11) is -3.61. The molecule has 0 atom stereocenters. The summed E-state index contributed by atoms with van der Waals surface area (Å²) in [6.07, 6.45) is 1.71. The van der Waals surface area contributed by atoms with Gasteiger partial charge in [-0.05, 0) is 18.2 Å². The molecule has 5 nitrogen and oxygen atoms in total. The monoisotopic (exact) mass is 314 g/mol. The Balaban J connectivity index is 0.00000200. The topological polar surface area (TPSA) is 70.3 Å². The van der Waals surface area contributed by atoms with Crippen LogP contribution in [0.25, 0.3) is 0 Å². The number of sulfonamides is 1. The highest BCUT2D eigenvalue weighted by Gasteiger charge is 2.21. The van der Waals surface area contributed by atoms with Gasteiger partial charge in [0.25, 0.3) is 5.82 Å². The highest BCUT2D eigenvalue weighted by molar-refractivity contribution is 7.92. The maximum Gasteiger partial charge on any atom is 0.328 e. The first kappa shape index (κ1) is 16.4. The summed E-state index contributed by atoms with van der Waals surface area (Å²) in [5.74, 6) is 0.417. The van der Waals surface area contributed by atoms with Crippen LogP contribution >= 0.6 is 0 Å². The van der Waals surface area contributed by atoms with Crippen LogP contribution in [0.5, 0.6) is 0 Å². The fraction of sp³-hybridized carbons (Fsp3) is 0.154. The number of nitrogens with zero attached hydrogens (tertiary/aromatic N) is 1. The van der Waals surface area contributed by atoms with Gasteiger partial charge < -0.3 is 17.5 Å². The normalized spacial score (nSPS) is 10.7. The number of hydrogen-bond donors (Lipinski definition) is 2. The van der Waals surface area contributed by atoms with E-state index in [0.717, 1.165) is 0 Å². The lowest BCUT2D eigenvalue weighted by Crippen LogP contribution is -3.00. The summed E-state index contributed by atoms with van der Waals surface area (Å²) in [5, 5.41) is 8.96. The third-order valence-electron chi connectivity index (χ3n) is 2.57. The summed E-state index contributed by atoms with van der Waals surface area (Å²) in [6.45, 7) is 0.266. The predicted molar refractivity (Wildman–Crippen MR) is 71.0 cm³/mol. The molecule has 0 saturated heterocycles. The van der Waals surface area contributed by atoms with E-state index in [4.69, 9.17) is 5.11 Å². The maximum atomic E-state index is 12.2. The van der Waals surface area contributed by atoms with E-state index in [-0.39, 0.29) is 23.9 Å². The molecule has 0 unspecified atom stereocenters. The summed E-state index contributed by atoms with van der Waals surface area (Å²) in [6, 6.07) is 13.3. The Bertz CT molecular complexity index is 648. The molecule has 2 rings (SSSR count). The van der Waals surface area contributed by atoms with Crippen LogP contribution in [0, 0.1) is 0 Å². The Labute approximate surface area is 124 Å². The first-order chi connectivity index (χ1) is 9.13. The highest BCUT2D eigenvalue weighted by atomic mass is 35.5. The smallest absolute Gasteiger partial charge is 0.328 e. The Morgan fingerprint density at radius 2 is 1.70 bits per heavy atom. The minimum Gasteiger partial charge on any atom is -1.00 e. The van der Waals surface area contributed by atoms with E-state index < -0.39 is 10.0 Å². The Morgan fingerprint density at radius 3 is 2.35 bits per heavy atom. The number of rotatable bonds is 5. The average molecular weight is 315 g/mol. The van der Waals surface area contributed by atoms with Gasteiger partial charge >= 0.3 is 10.0 Å². The molecule has 0 spiro atoms. The molecule has 0 radical (unpaired) electrons. The summed E-state index contributed by atoms with van der Waals surface area (Å²) in [5.41, 5.74) is 0. The average Bonchev–Trinajstić information content (AvgIpc) is 2.42. The molecular formula is C13H15ClN2O3S. The predicted octanol–water partition coefficient (Wildman–Crippen LogP) is -2.23. The van der Waals surface area contributed by atoms with Crippen LogP contribution in [0.4, 0.5) is 5.82 Å². The largest absolute Gasteiger partial charge is 1.00 e. The molecule has 0 amide bonds. The van der Waals surface area contributed by atoms with Crippen molar-refractivity contribution in [3.63, 3.8) is 0 Å². The van der Waals surface area contributed by atoms with Crippen molar-refractivity contribution >= 4 is 15.8 Å². The second kappa shape index (κ2) is 7.23. The Kier molecular flexibility index (Phi) is 5.94. The van der Waals surface area contributed by atoms with E-state index in [1.165, 1.54) is 12.1 Å². The lowest BCUT2D eigenvalue weighted by atomic mass is 10.4. The molecule has 0 aliphatic carbocycles. The van der Waals surface area contributed by atoms with E-state index >= 15 is 0 Å². The molecule has 0 fully saturated rings. The van der Waals surface area contributed by atoms with Gasteiger partial charge in [-0.1, -0.05) is 24.3 Å². The van der Waals surface area contributed by atoms with Crippen molar-refractivity contribution in [2.45, 2.75) is 11.4 Å². The van der Waals surface area contributed by atoms with Crippen LogP contribution in [0.1, 0.15) is 0 Å². The number of aliphatic hydroxyl groups is 1. The fourth-order valence-electron chi connectivity index (χ4n) is 1.67. The van der Waals surface area contributed by atoms with Crippen LogP contribution < -0.4 is 21.7 Å². The van der Waals surface area contributed by atoms with Gasteiger partial charge in [0.05, 0.1) is 12.8 Å². The van der Waals surface area contributed by atoms with Crippen molar-refractivity contribution in [3.05, 3.63) is 54.7 Å². The number of pyridine rings is 1. The fourth-order valence-corrected chi connectivity index (χ4v) is 2.76. The second-order valence-electron chi connectivity index (χ2n) is 3.92. The molecule has 0 aliphatic rings. The maximum absolute atomic E-state index is 12.2. The van der Waals surface area contributed by atoms with Crippen LogP contribution in [0.15, 0.2) is 59.6 Å². The molecular weight excluding hydrogens is 300 g/mol. The minimum atomic E-state index is -3.61. The zero-order chi connectivity index (χ0) is 13.7. The van der Waals surface area contributed by atoms with Crippen molar-refractivity contribution in [2.75, 3.05) is 11.3 Å². The molecule has 2 N–H and O–H groups in total. The summed E-state index contributed by atoms with van der Waals surface area (Å²) < 4.78 is 28.5. The van der Waals surface area contributed by atoms with Crippen LogP contribution in [0.2, 0.25) is 0 Å². The van der Waals surface area contributed by atoms with Gasteiger partial charge in [-0.25, -0.2) is 4.57 Å². The van der Waals surface area contributed by atoms with Crippen molar-refractivity contribution < 1.29 is 30.5 Å². The Morgan fingerprint density at radius 1 is 1.05 bits per heavy atom. The summed E-state index contributed by atoms with van der Waals surface area (Å²) in [4.78, 5) is 0.203. The van der Waals surface area contributed by atoms with Gasteiger partial charge in [-0.2, -0.15) is 13.1 Å². The van der Waals surface area contributed by atoms with E-state index in [0.29, 0.717) is 12.4 Å². The van der Waals surface area contributed by atoms with Gasteiger partial charge in [-0.15, -0.1) is 0 Å². The molecule has 0 bridgehead atoms. The minimum absolute atomic E-state index is 0. The first-order valence-electron chi connectivity index (χ1n) is 5.81. The van der Waals surface area contributed by atoms with Crippen molar-refractivity contribution in [1.29, 1.82) is 0 Å². The molecule has 1 heterocycles. The van der Waals surface area contributed by atoms with E-state index in [9.17, 15) is 8.42 Å². The van der Waals surface area contributed by atoms with Crippen LogP contribution in [-0.4, -0.2) is 20.1 Å². The zero-order valence-corrected chi connectivity index (χ0v) is 12.2. The van der Waals surface area contributed by atoms with Gasteiger partial charge in [0.1, 0.15) is 11.4 Å². The lowest BCUT2D eigenvalue weighted by Gasteiger charge is -2.06. The molecule has 20 heavy (non-hydrogen) atoms. The first-order valence-corrected chi connectivity index (χ1v) is 7.29. The lowest BCUT2D eigenvalue weighted by molar-refractivity contribution is -0.684. The van der Waals surface area contributed by atoms with Gasteiger partial charge in [0, 0.05) is 6.07 Å². The molecule has 0 saturated carbocycles. The van der Waals surface area contributed by atoms with E-state index in [1.807, 2.05) is 0 Å². The third kappa shape index (κ3) is 3.93. The van der Waals surface area contributed by atoms with Crippen molar-refractivity contribution in [2.24, 2.45) is 0 Å². The number of benzene rings is 1. The quantitative estimate of drug-likeness (QED) is 0.614. The van der Waals surface area contributed by atoms with Gasteiger partial charge in [-0.3, -0.25) is 0 Å². The summed E-state index contributed by atoms with van der Waals surface area (Å²) >= 11 is 0. The zero-order valence-electron chi connectivity index (χ0n) is 10.6. The molecule has 108 valence electrons. The highest BCUT2D eigenvalue weighted by Crippen LogP contribution is 2.12. The van der Waals surface area contributed by atoms with E-state index in [2.05, 4.69) is 4.72 Å². The standard InChI is InChI=1S/C13H14N2O3S.ClH/c16-11-10-15-9-5-4-8-13(15)14-19(17,18)12-6-2-1-3-7-12;/h1-9,16H,10-11H2;1H. The SMILES string of the molecule is O=S(=O)(Nc1cccc[n+]1CCO)c1ccccc1.[Cl-]. The Hall–Kier alpha value is -1.63. The van der Waals surface area contributed by atoms with Gasteiger partial charge in [0.2, 0.25) is 0 Å². The number of halogens is 1. The number of nitrogens with one attached hydrogen (secondary N) is 1. The number of anilines is 1.